The van der Waals surface area contributed by atoms with E-state index in [1.807, 2.05) is 4.90 Å². The molecule has 2 heterocycles. The Balaban J connectivity index is 1.44. The quantitative estimate of drug-likeness (QED) is 0.378. The molecule has 0 bridgehead atoms. The molecule has 2 aromatic carbocycles. The van der Waals surface area contributed by atoms with E-state index < -0.39 is 54.6 Å². The first-order valence-electron chi connectivity index (χ1n) is 12.3. The third-order valence-electron chi connectivity index (χ3n) is 6.50. The van der Waals surface area contributed by atoms with Crippen molar-refractivity contribution in [1.29, 1.82) is 0 Å². The molecule has 0 radical (unpaired) electrons. The number of rotatable bonds is 10. The molecule has 1 atom stereocenters. The SMILES string of the molecule is O=C(O)[C@H]1CCCN(CC2=Cc3c(F)cc(OCc4ccc(OC(CF)CF)c(C(F)(F)F)c4)cc3OC2)C1. The minimum absolute atomic E-state index is 0.0345. The lowest BCUT2D eigenvalue weighted by Crippen LogP contribution is -2.40. The van der Waals surface area contributed by atoms with Crippen LogP contribution in [0.3, 0.4) is 0 Å². The summed E-state index contributed by atoms with van der Waals surface area (Å²) in [6, 6.07) is 5.50. The van der Waals surface area contributed by atoms with Crippen molar-refractivity contribution in [3.05, 3.63) is 58.4 Å². The molecular weight excluding hydrogens is 532 g/mol. The predicted octanol–water partition coefficient (Wildman–Crippen LogP) is 5.68. The summed E-state index contributed by atoms with van der Waals surface area (Å²) in [5.41, 5.74) is -0.150. The number of carboxylic acid groups (broad SMARTS) is 1. The van der Waals surface area contributed by atoms with E-state index in [9.17, 15) is 36.2 Å². The maximum Gasteiger partial charge on any atom is 0.419 e. The highest BCUT2D eigenvalue weighted by Gasteiger charge is 2.35. The lowest BCUT2D eigenvalue weighted by Gasteiger charge is -2.32. The summed E-state index contributed by atoms with van der Waals surface area (Å²) < 4.78 is 97.0. The molecule has 2 aliphatic heterocycles. The molecule has 0 aromatic heterocycles. The number of benzene rings is 2. The lowest BCUT2D eigenvalue weighted by molar-refractivity contribution is -0.143. The number of alkyl halides is 5. The van der Waals surface area contributed by atoms with Crippen molar-refractivity contribution >= 4 is 12.0 Å². The summed E-state index contributed by atoms with van der Waals surface area (Å²) in [4.78, 5) is 13.3. The number of halogens is 6. The van der Waals surface area contributed by atoms with Crippen molar-refractivity contribution in [3.63, 3.8) is 0 Å². The van der Waals surface area contributed by atoms with E-state index in [-0.39, 0.29) is 35.8 Å². The zero-order valence-electron chi connectivity index (χ0n) is 20.8. The van der Waals surface area contributed by atoms with Gasteiger partial charge in [0.25, 0.3) is 0 Å². The van der Waals surface area contributed by atoms with Crippen LogP contribution in [0.5, 0.6) is 17.2 Å². The zero-order chi connectivity index (χ0) is 28.2. The second-order valence-electron chi connectivity index (χ2n) is 9.49. The summed E-state index contributed by atoms with van der Waals surface area (Å²) in [6.45, 7) is -1.17. The molecule has 212 valence electrons. The van der Waals surface area contributed by atoms with Crippen molar-refractivity contribution in [2.75, 3.05) is 39.6 Å². The summed E-state index contributed by atoms with van der Waals surface area (Å²) in [6.07, 6.45) is -3.47. The molecular formula is C27H27F6NO5. The van der Waals surface area contributed by atoms with Gasteiger partial charge in [-0.2, -0.15) is 13.2 Å². The molecule has 39 heavy (non-hydrogen) atoms. The van der Waals surface area contributed by atoms with E-state index in [2.05, 4.69) is 0 Å². The van der Waals surface area contributed by atoms with Crippen molar-refractivity contribution < 1.29 is 50.5 Å². The summed E-state index contributed by atoms with van der Waals surface area (Å²) in [5, 5.41) is 9.27. The van der Waals surface area contributed by atoms with Crippen LogP contribution in [0.2, 0.25) is 0 Å². The van der Waals surface area contributed by atoms with Gasteiger partial charge in [-0.05, 0) is 48.7 Å². The van der Waals surface area contributed by atoms with Gasteiger partial charge in [0.1, 0.15) is 49.6 Å². The normalized spacial score (nSPS) is 17.8. The number of hydrogen-bond acceptors (Lipinski definition) is 5. The number of hydrogen-bond donors (Lipinski definition) is 1. The number of piperidine rings is 1. The Bertz CT molecular complexity index is 1210. The number of nitrogens with zero attached hydrogens (tertiary/aromatic N) is 1. The van der Waals surface area contributed by atoms with Crippen LogP contribution < -0.4 is 14.2 Å². The highest BCUT2D eigenvalue weighted by molar-refractivity contribution is 5.70. The highest BCUT2D eigenvalue weighted by atomic mass is 19.4. The first-order valence-corrected chi connectivity index (χ1v) is 12.3. The highest BCUT2D eigenvalue weighted by Crippen LogP contribution is 2.38. The fraction of sp³-hybridized carbons (Fsp3) is 0.444. The molecule has 2 aliphatic rings. The van der Waals surface area contributed by atoms with Crippen LogP contribution in [0.4, 0.5) is 26.3 Å². The fourth-order valence-electron chi connectivity index (χ4n) is 4.55. The number of likely N-dealkylation sites (tertiary alicyclic amines) is 1. The Kier molecular flexibility index (Phi) is 8.94. The molecule has 0 aliphatic carbocycles. The predicted molar refractivity (Wildman–Crippen MR) is 129 cm³/mol. The van der Waals surface area contributed by atoms with Crippen molar-refractivity contribution in [1.82, 2.24) is 4.90 Å². The van der Waals surface area contributed by atoms with Crippen LogP contribution in [0.15, 0.2) is 35.9 Å². The second kappa shape index (κ2) is 12.2. The lowest BCUT2D eigenvalue weighted by atomic mass is 9.97. The van der Waals surface area contributed by atoms with E-state index in [0.29, 0.717) is 19.5 Å². The molecule has 0 amide bonds. The third-order valence-corrected chi connectivity index (χ3v) is 6.50. The van der Waals surface area contributed by atoms with E-state index in [1.165, 1.54) is 12.1 Å². The maximum absolute atomic E-state index is 14.9. The second-order valence-corrected chi connectivity index (χ2v) is 9.49. The molecule has 4 rings (SSSR count). The summed E-state index contributed by atoms with van der Waals surface area (Å²) in [7, 11) is 0. The van der Waals surface area contributed by atoms with Gasteiger partial charge >= 0.3 is 12.1 Å². The van der Waals surface area contributed by atoms with E-state index in [1.54, 1.807) is 6.08 Å². The monoisotopic (exact) mass is 559 g/mol. The van der Waals surface area contributed by atoms with Crippen LogP contribution in [0.1, 0.15) is 29.5 Å². The Morgan fingerprint density at radius 3 is 2.64 bits per heavy atom. The Labute approximate surface area is 220 Å². The molecule has 0 spiro atoms. The number of aliphatic carboxylic acids is 1. The third kappa shape index (κ3) is 7.17. The van der Waals surface area contributed by atoms with E-state index in [4.69, 9.17) is 14.2 Å². The molecule has 0 unspecified atom stereocenters. The first-order chi connectivity index (χ1) is 18.6. The average Bonchev–Trinajstić information content (AvgIpc) is 2.91. The van der Waals surface area contributed by atoms with Crippen molar-refractivity contribution in [2.45, 2.75) is 31.7 Å². The van der Waals surface area contributed by atoms with Gasteiger partial charge in [-0.15, -0.1) is 0 Å². The maximum atomic E-state index is 14.9. The molecule has 1 N–H and O–H groups in total. The van der Waals surface area contributed by atoms with Crippen molar-refractivity contribution in [2.24, 2.45) is 5.92 Å². The van der Waals surface area contributed by atoms with Crippen LogP contribution in [0, 0.1) is 11.7 Å². The standard InChI is InChI=1S/C27H27F6NO5/c28-10-20(11-29)39-24-4-3-16(7-22(24)27(31,32)33)14-37-19-8-23(30)21-6-17(15-38-25(21)9-19)12-34-5-1-2-18(13-34)26(35)36/h3-4,6-9,18,20H,1-2,5,10-15H2,(H,35,36)/t18-/m0/s1. The number of ether oxygens (including phenoxy) is 3. The minimum Gasteiger partial charge on any atom is -0.489 e. The minimum atomic E-state index is -4.85. The van der Waals surface area contributed by atoms with Crippen LogP contribution in [0.25, 0.3) is 6.08 Å². The molecule has 2 aromatic rings. The largest absolute Gasteiger partial charge is 0.489 e. The van der Waals surface area contributed by atoms with Gasteiger partial charge in [-0.1, -0.05) is 6.07 Å². The smallest absolute Gasteiger partial charge is 0.419 e. The zero-order valence-corrected chi connectivity index (χ0v) is 20.8. The topological polar surface area (TPSA) is 68.2 Å². The summed E-state index contributed by atoms with van der Waals surface area (Å²) in [5.74, 6) is -2.38. The summed E-state index contributed by atoms with van der Waals surface area (Å²) >= 11 is 0. The Morgan fingerprint density at radius 2 is 1.95 bits per heavy atom. The van der Waals surface area contributed by atoms with Gasteiger partial charge in [0, 0.05) is 25.2 Å². The van der Waals surface area contributed by atoms with Gasteiger partial charge in [0.2, 0.25) is 0 Å². The van der Waals surface area contributed by atoms with Gasteiger partial charge in [0.15, 0.2) is 6.10 Å². The fourth-order valence-corrected chi connectivity index (χ4v) is 4.55. The Morgan fingerprint density at radius 1 is 1.18 bits per heavy atom. The van der Waals surface area contributed by atoms with Gasteiger partial charge in [-0.3, -0.25) is 9.69 Å². The van der Waals surface area contributed by atoms with Crippen LogP contribution in [-0.4, -0.2) is 61.7 Å². The number of carbonyl (C=O) groups is 1. The van der Waals surface area contributed by atoms with Crippen LogP contribution in [-0.2, 0) is 17.6 Å². The van der Waals surface area contributed by atoms with Gasteiger partial charge in [0.05, 0.1) is 17.0 Å². The molecule has 6 nitrogen and oxygen atoms in total. The van der Waals surface area contributed by atoms with Crippen molar-refractivity contribution in [3.8, 4) is 17.2 Å². The number of fused-ring (bicyclic) bond motifs is 1. The van der Waals surface area contributed by atoms with E-state index in [0.717, 1.165) is 36.7 Å². The molecule has 1 saturated heterocycles. The average molecular weight is 560 g/mol. The molecule has 12 heteroatoms. The molecule has 0 saturated carbocycles. The van der Waals surface area contributed by atoms with E-state index >= 15 is 0 Å². The Hall–Kier alpha value is -3.41. The molecule has 1 fully saturated rings. The van der Waals surface area contributed by atoms with Gasteiger partial charge in [-0.25, -0.2) is 13.2 Å². The number of carboxylic acids is 1. The van der Waals surface area contributed by atoms with Gasteiger partial charge < -0.3 is 19.3 Å². The first kappa shape index (κ1) is 28.6. The van der Waals surface area contributed by atoms with Crippen LogP contribution >= 0.6 is 0 Å².